The molecule has 2 aromatic rings. The van der Waals surface area contributed by atoms with Crippen molar-refractivity contribution in [3.63, 3.8) is 0 Å². The van der Waals surface area contributed by atoms with E-state index in [1.165, 1.54) is 11.3 Å². The molecule has 0 amide bonds. The Balaban J connectivity index is 2.31. The van der Waals surface area contributed by atoms with Gasteiger partial charge in [0.1, 0.15) is 10.9 Å². The van der Waals surface area contributed by atoms with E-state index in [-0.39, 0.29) is 0 Å². The molecule has 0 unspecified atom stereocenters. The van der Waals surface area contributed by atoms with E-state index in [0.717, 1.165) is 20.7 Å². The number of anilines is 2. The SMILES string of the molecule is Cc1nc(Nc2ccc(Br)c(C)c2)c(C#N)s1. The van der Waals surface area contributed by atoms with Crippen molar-refractivity contribution in [2.75, 3.05) is 5.32 Å². The van der Waals surface area contributed by atoms with E-state index in [1.807, 2.05) is 32.0 Å². The summed E-state index contributed by atoms with van der Waals surface area (Å²) in [5, 5.41) is 13.0. The number of hydrogen-bond donors (Lipinski definition) is 1. The summed E-state index contributed by atoms with van der Waals surface area (Å²) in [6.45, 7) is 3.91. The first-order chi connectivity index (χ1) is 8.10. The molecule has 1 heterocycles. The third kappa shape index (κ3) is 2.65. The Morgan fingerprint density at radius 1 is 1.41 bits per heavy atom. The number of halogens is 1. The van der Waals surface area contributed by atoms with E-state index < -0.39 is 0 Å². The summed E-state index contributed by atoms with van der Waals surface area (Å²) in [6.07, 6.45) is 0. The van der Waals surface area contributed by atoms with E-state index in [2.05, 4.69) is 32.3 Å². The highest BCUT2D eigenvalue weighted by Crippen LogP contribution is 2.27. The van der Waals surface area contributed by atoms with Crippen LogP contribution in [0.4, 0.5) is 11.5 Å². The van der Waals surface area contributed by atoms with Gasteiger partial charge in [-0.05, 0) is 37.6 Å². The van der Waals surface area contributed by atoms with Crippen molar-refractivity contribution < 1.29 is 0 Å². The molecule has 0 aliphatic carbocycles. The fourth-order valence-corrected chi connectivity index (χ4v) is 2.36. The maximum absolute atomic E-state index is 8.98. The minimum atomic E-state index is 0.614. The van der Waals surface area contributed by atoms with Crippen molar-refractivity contribution in [2.24, 2.45) is 0 Å². The smallest absolute Gasteiger partial charge is 0.159 e. The van der Waals surface area contributed by atoms with E-state index in [1.54, 1.807) is 0 Å². The Morgan fingerprint density at radius 3 is 2.82 bits per heavy atom. The molecule has 3 nitrogen and oxygen atoms in total. The molecule has 0 spiro atoms. The zero-order valence-corrected chi connectivity index (χ0v) is 11.8. The maximum Gasteiger partial charge on any atom is 0.159 e. The van der Waals surface area contributed by atoms with E-state index in [0.29, 0.717) is 10.7 Å². The van der Waals surface area contributed by atoms with Gasteiger partial charge in [0.25, 0.3) is 0 Å². The van der Waals surface area contributed by atoms with Gasteiger partial charge in [0.05, 0.1) is 5.01 Å². The Bertz CT molecular complexity index is 598. The van der Waals surface area contributed by atoms with Crippen LogP contribution in [-0.2, 0) is 0 Å². The number of nitrogens with one attached hydrogen (secondary N) is 1. The molecular weight excluding hydrogens is 298 g/mol. The molecule has 1 aromatic heterocycles. The second-order valence-corrected chi connectivity index (χ2v) is 5.67. The fraction of sp³-hybridized carbons (Fsp3) is 0.167. The van der Waals surface area contributed by atoms with Gasteiger partial charge in [0.15, 0.2) is 5.82 Å². The predicted molar refractivity (Wildman–Crippen MR) is 73.7 cm³/mol. The van der Waals surface area contributed by atoms with Crippen LogP contribution in [0.15, 0.2) is 22.7 Å². The number of thiazole rings is 1. The van der Waals surface area contributed by atoms with Crippen molar-refractivity contribution in [3.8, 4) is 6.07 Å². The summed E-state index contributed by atoms with van der Waals surface area (Å²) in [6, 6.07) is 8.09. The molecule has 1 aromatic carbocycles. The summed E-state index contributed by atoms with van der Waals surface area (Å²) in [5.41, 5.74) is 2.08. The number of nitrogens with zero attached hydrogens (tertiary/aromatic N) is 2. The van der Waals surface area contributed by atoms with Gasteiger partial charge in [-0.1, -0.05) is 15.9 Å². The number of aryl methyl sites for hydroxylation is 2. The zero-order chi connectivity index (χ0) is 12.4. The summed E-state index contributed by atoms with van der Waals surface area (Å²) in [4.78, 5) is 4.92. The lowest BCUT2D eigenvalue weighted by molar-refractivity contribution is 1.28. The lowest BCUT2D eigenvalue weighted by Crippen LogP contribution is -1.93. The summed E-state index contributed by atoms with van der Waals surface area (Å²) in [5.74, 6) is 0.636. The molecule has 2 rings (SSSR count). The van der Waals surface area contributed by atoms with Crippen molar-refractivity contribution in [1.82, 2.24) is 4.98 Å². The number of hydrogen-bond acceptors (Lipinski definition) is 4. The van der Waals surface area contributed by atoms with Gasteiger partial charge in [0.2, 0.25) is 0 Å². The number of rotatable bonds is 2. The first-order valence-electron chi connectivity index (χ1n) is 5.01. The Hall–Kier alpha value is -1.38. The molecule has 1 N–H and O–H groups in total. The summed E-state index contributed by atoms with van der Waals surface area (Å²) in [7, 11) is 0. The molecule has 0 fully saturated rings. The van der Waals surface area contributed by atoms with Crippen LogP contribution in [0.2, 0.25) is 0 Å². The highest BCUT2D eigenvalue weighted by atomic mass is 79.9. The molecule has 86 valence electrons. The third-order valence-corrected chi connectivity index (χ3v) is 4.02. The van der Waals surface area contributed by atoms with Gasteiger partial charge in [-0.25, -0.2) is 4.98 Å². The van der Waals surface area contributed by atoms with Gasteiger partial charge in [-0.2, -0.15) is 5.26 Å². The van der Waals surface area contributed by atoms with Crippen LogP contribution in [0.3, 0.4) is 0 Å². The summed E-state index contributed by atoms with van der Waals surface area (Å²) >= 11 is 4.85. The number of benzene rings is 1. The lowest BCUT2D eigenvalue weighted by Gasteiger charge is -2.05. The molecule has 0 saturated carbocycles. The van der Waals surface area contributed by atoms with Crippen molar-refractivity contribution in [1.29, 1.82) is 5.26 Å². The molecule has 0 bridgehead atoms. The Kier molecular flexibility index (Phi) is 3.46. The molecule has 17 heavy (non-hydrogen) atoms. The van der Waals surface area contributed by atoms with Gasteiger partial charge < -0.3 is 5.32 Å². The second kappa shape index (κ2) is 4.86. The minimum Gasteiger partial charge on any atom is -0.338 e. The fourth-order valence-electron chi connectivity index (χ4n) is 1.45. The average Bonchev–Trinajstić information content (AvgIpc) is 2.64. The normalized spacial score (nSPS) is 10.0. The standard InChI is InChI=1S/C12H10BrN3S/c1-7-5-9(3-4-10(7)13)16-12-11(6-14)17-8(2)15-12/h3-5,16H,1-2H3. The van der Waals surface area contributed by atoms with Gasteiger partial charge in [-0.15, -0.1) is 11.3 Å². The number of nitriles is 1. The molecule has 0 aliphatic rings. The topological polar surface area (TPSA) is 48.7 Å². The van der Waals surface area contributed by atoms with Gasteiger partial charge in [0, 0.05) is 10.2 Å². The predicted octanol–water partition coefficient (Wildman–Crippen LogP) is 4.14. The molecule has 0 atom stereocenters. The first kappa shape index (κ1) is 12.1. The van der Waals surface area contributed by atoms with Crippen LogP contribution in [0.25, 0.3) is 0 Å². The highest BCUT2D eigenvalue weighted by molar-refractivity contribution is 9.10. The maximum atomic E-state index is 8.98. The van der Waals surface area contributed by atoms with Crippen molar-refractivity contribution >= 4 is 38.8 Å². The monoisotopic (exact) mass is 307 g/mol. The number of aromatic nitrogens is 1. The average molecular weight is 308 g/mol. The summed E-state index contributed by atoms with van der Waals surface area (Å²) < 4.78 is 1.07. The highest BCUT2D eigenvalue weighted by Gasteiger charge is 2.08. The van der Waals surface area contributed by atoms with Crippen LogP contribution < -0.4 is 5.32 Å². The Labute approximate surface area is 112 Å². The Morgan fingerprint density at radius 2 is 2.18 bits per heavy atom. The van der Waals surface area contributed by atoms with E-state index in [9.17, 15) is 0 Å². The zero-order valence-electron chi connectivity index (χ0n) is 9.41. The van der Waals surface area contributed by atoms with Crippen LogP contribution in [0, 0.1) is 25.2 Å². The van der Waals surface area contributed by atoms with Gasteiger partial charge in [-0.3, -0.25) is 0 Å². The van der Waals surface area contributed by atoms with Crippen molar-refractivity contribution in [3.05, 3.63) is 38.1 Å². The molecule has 5 heteroatoms. The third-order valence-electron chi connectivity index (χ3n) is 2.26. The molecule has 0 radical (unpaired) electrons. The van der Waals surface area contributed by atoms with Crippen LogP contribution in [-0.4, -0.2) is 4.98 Å². The minimum absolute atomic E-state index is 0.614. The molecular formula is C12H10BrN3S. The van der Waals surface area contributed by atoms with Crippen molar-refractivity contribution in [2.45, 2.75) is 13.8 Å². The van der Waals surface area contributed by atoms with Crippen LogP contribution in [0.1, 0.15) is 15.4 Å². The van der Waals surface area contributed by atoms with E-state index in [4.69, 9.17) is 5.26 Å². The quantitative estimate of drug-likeness (QED) is 0.907. The second-order valence-electron chi connectivity index (χ2n) is 3.61. The van der Waals surface area contributed by atoms with Crippen LogP contribution in [0.5, 0.6) is 0 Å². The molecule has 0 saturated heterocycles. The van der Waals surface area contributed by atoms with Crippen LogP contribution >= 0.6 is 27.3 Å². The molecule has 0 aliphatic heterocycles. The van der Waals surface area contributed by atoms with E-state index >= 15 is 0 Å². The first-order valence-corrected chi connectivity index (χ1v) is 6.62. The largest absolute Gasteiger partial charge is 0.338 e. The van der Waals surface area contributed by atoms with Gasteiger partial charge >= 0.3 is 0 Å². The lowest BCUT2D eigenvalue weighted by atomic mass is 10.2.